The minimum atomic E-state index is -0.399. The van der Waals surface area contributed by atoms with Crippen LogP contribution in [0.1, 0.15) is 11.1 Å². The Hall–Kier alpha value is -3.52. The van der Waals surface area contributed by atoms with Gasteiger partial charge < -0.3 is 14.2 Å². The molecule has 1 N–H and O–H groups in total. The van der Waals surface area contributed by atoms with Crippen LogP contribution >= 0.6 is 39.1 Å². The quantitative estimate of drug-likeness (QED) is 0.148. The van der Waals surface area contributed by atoms with Crippen molar-refractivity contribution in [2.75, 3.05) is 13.7 Å². The second-order valence-corrected chi connectivity index (χ2v) is 9.66. The summed E-state index contributed by atoms with van der Waals surface area (Å²) >= 11 is 15.9. The van der Waals surface area contributed by atoms with Crippen LogP contribution < -0.4 is 19.6 Å². The van der Waals surface area contributed by atoms with Crippen LogP contribution in [0.4, 0.5) is 0 Å². The first-order valence-electron chi connectivity index (χ1n) is 11.5. The third-order valence-corrected chi connectivity index (χ3v) is 6.75. The summed E-state index contributed by atoms with van der Waals surface area (Å²) in [6.07, 6.45) is 1.50. The third kappa shape index (κ3) is 7.28. The smallest absolute Gasteiger partial charge is 0.277 e. The molecule has 0 bridgehead atoms. The molecule has 0 saturated heterocycles. The zero-order valence-electron chi connectivity index (χ0n) is 20.3. The SMILES string of the molecule is COc1cc(/C=N/NC(=O)COc2ccc(-c3ccccc3)cc2Br)ccc1OCc1c(Cl)cccc1Cl. The maximum Gasteiger partial charge on any atom is 0.277 e. The van der Waals surface area contributed by atoms with Crippen molar-refractivity contribution in [2.45, 2.75) is 6.61 Å². The number of halogens is 3. The Morgan fingerprint density at radius 1 is 0.868 bits per heavy atom. The van der Waals surface area contributed by atoms with Gasteiger partial charge in [0.15, 0.2) is 18.1 Å². The molecule has 0 aliphatic rings. The third-order valence-electron chi connectivity index (χ3n) is 5.42. The van der Waals surface area contributed by atoms with E-state index < -0.39 is 5.91 Å². The largest absolute Gasteiger partial charge is 0.493 e. The minimum absolute atomic E-state index is 0.184. The molecule has 0 aliphatic carbocycles. The molecule has 0 radical (unpaired) electrons. The molecule has 0 spiro atoms. The summed E-state index contributed by atoms with van der Waals surface area (Å²) < 4.78 is 17.7. The number of nitrogens with one attached hydrogen (secondary N) is 1. The lowest BCUT2D eigenvalue weighted by Gasteiger charge is -2.13. The number of nitrogens with zero attached hydrogens (tertiary/aromatic N) is 1. The lowest BCUT2D eigenvalue weighted by molar-refractivity contribution is -0.123. The molecule has 0 aromatic heterocycles. The summed E-state index contributed by atoms with van der Waals surface area (Å²) in [6.45, 7) is -0.00914. The van der Waals surface area contributed by atoms with Gasteiger partial charge in [-0.2, -0.15) is 5.10 Å². The number of amides is 1. The number of hydrogen-bond donors (Lipinski definition) is 1. The minimum Gasteiger partial charge on any atom is -0.493 e. The van der Waals surface area contributed by atoms with E-state index in [1.165, 1.54) is 13.3 Å². The molecular formula is C29H23BrCl2N2O4. The van der Waals surface area contributed by atoms with Crippen molar-refractivity contribution in [2.24, 2.45) is 5.10 Å². The second kappa shape index (κ2) is 13.3. The number of hydrazone groups is 1. The molecule has 38 heavy (non-hydrogen) atoms. The predicted molar refractivity (Wildman–Crippen MR) is 155 cm³/mol. The highest BCUT2D eigenvalue weighted by atomic mass is 79.9. The summed E-state index contributed by atoms with van der Waals surface area (Å²) in [5.41, 5.74) is 5.98. The molecule has 194 valence electrons. The van der Waals surface area contributed by atoms with Crippen molar-refractivity contribution in [3.8, 4) is 28.4 Å². The molecule has 0 unspecified atom stereocenters. The molecule has 4 aromatic rings. The second-order valence-electron chi connectivity index (χ2n) is 7.99. The molecule has 4 rings (SSSR count). The van der Waals surface area contributed by atoms with Gasteiger partial charge in [-0.15, -0.1) is 0 Å². The lowest BCUT2D eigenvalue weighted by atomic mass is 10.1. The normalized spacial score (nSPS) is 10.8. The summed E-state index contributed by atoms with van der Waals surface area (Å²) in [5, 5.41) is 5.05. The Balaban J connectivity index is 1.30. The van der Waals surface area contributed by atoms with Crippen molar-refractivity contribution >= 4 is 51.3 Å². The van der Waals surface area contributed by atoms with Gasteiger partial charge in [0.2, 0.25) is 0 Å². The van der Waals surface area contributed by atoms with Crippen LogP contribution in [-0.2, 0) is 11.4 Å². The average Bonchev–Trinajstić information content (AvgIpc) is 2.93. The van der Waals surface area contributed by atoms with Gasteiger partial charge in [0.1, 0.15) is 12.4 Å². The zero-order chi connectivity index (χ0) is 26.9. The van der Waals surface area contributed by atoms with E-state index in [0.717, 1.165) is 15.6 Å². The number of carbonyl (C=O) groups excluding carboxylic acids is 1. The van der Waals surface area contributed by atoms with Crippen LogP contribution in [0.15, 0.2) is 94.5 Å². The standard InChI is InChI=1S/C29H23BrCl2N2O4/c1-36-28-14-19(10-12-27(28)37-17-22-24(31)8-5-9-25(22)32)16-33-34-29(35)18-38-26-13-11-21(15-23(26)30)20-6-3-2-4-7-20/h2-16H,17-18H2,1H3,(H,34,35)/b33-16+. The maximum atomic E-state index is 12.2. The van der Waals surface area contributed by atoms with Gasteiger partial charge in [-0.1, -0.05) is 65.7 Å². The Kier molecular flexibility index (Phi) is 9.65. The van der Waals surface area contributed by atoms with Crippen molar-refractivity contribution in [3.05, 3.63) is 111 Å². The van der Waals surface area contributed by atoms with E-state index in [4.69, 9.17) is 37.4 Å². The predicted octanol–water partition coefficient (Wildman–Crippen LogP) is 7.54. The van der Waals surface area contributed by atoms with E-state index in [2.05, 4.69) is 26.5 Å². The summed E-state index contributed by atoms with van der Waals surface area (Å²) in [4.78, 5) is 12.2. The molecule has 0 aliphatic heterocycles. The fourth-order valence-electron chi connectivity index (χ4n) is 3.49. The van der Waals surface area contributed by atoms with E-state index >= 15 is 0 Å². The highest BCUT2D eigenvalue weighted by Crippen LogP contribution is 2.32. The molecule has 0 fully saturated rings. The fraction of sp³-hybridized carbons (Fsp3) is 0.103. The van der Waals surface area contributed by atoms with Gasteiger partial charge >= 0.3 is 0 Å². The lowest BCUT2D eigenvalue weighted by Crippen LogP contribution is -2.24. The number of carbonyl (C=O) groups is 1. The highest BCUT2D eigenvalue weighted by Gasteiger charge is 2.10. The highest BCUT2D eigenvalue weighted by molar-refractivity contribution is 9.10. The summed E-state index contributed by atoms with van der Waals surface area (Å²) in [7, 11) is 1.54. The Morgan fingerprint density at radius 2 is 1.61 bits per heavy atom. The molecular weight excluding hydrogens is 591 g/mol. The fourth-order valence-corrected chi connectivity index (χ4v) is 4.49. The van der Waals surface area contributed by atoms with Crippen LogP contribution in [-0.4, -0.2) is 25.8 Å². The van der Waals surface area contributed by atoms with Crippen LogP contribution in [0.3, 0.4) is 0 Å². The number of benzene rings is 4. The first-order valence-corrected chi connectivity index (χ1v) is 13.0. The van der Waals surface area contributed by atoms with Gasteiger partial charge in [-0.25, -0.2) is 5.43 Å². The molecule has 9 heteroatoms. The number of methoxy groups -OCH3 is 1. The van der Waals surface area contributed by atoms with Crippen LogP contribution in [0.5, 0.6) is 17.2 Å². The Bertz CT molecular complexity index is 1430. The van der Waals surface area contributed by atoms with Gasteiger partial charge in [0.25, 0.3) is 5.91 Å². The first-order chi connectivity index (χ1) is 18.4. The van der Waals surface area contributed by atoms with Gasteiger partial charge in [0.05, 0.1) is 17.8 Å². The van der Waals surface area contributed by atoms with E-state index in [-0.39, 0.29) is 13.2 Å². The van der Waals surface area contributed by atoms with E-state index in [9.17, 15) is 4.79 Å². The van der Waals surface area contributed by atoms with Crippen molar-refractivity contribution in [1.82, 2.24) is 5.43 Å². The molecule has 1 amide bonds. The van der Waals surface area contributed by atoms with Gasteiger partial charge in [-0.3, -0.25) is 4.79 Å². The zero-order valence-corrected chi connectivity index (χ0v) is 23.4. The Labute approximate surface area is 239 Å². The van der Waals surface area contributed by atoms with Gasteiger partial charge in [0, 0.05) is 15.6 Å². The van der Waals surface area contributed by atoms with Crippen molar-refractivity contribution in [3.63, 3.8) is 0 Å². The number of ether oxygens (including phenoxy) is 3. The van der Waals surface area contributed by atoms with Crippen LogP contribution in [0.25, 0.3) is 11.1 Å². The average molecular weight is 614 g/mol. The van der Waals surface area contributed by atoms with Crippen molar-refractivity contribution < 1.29 is 19.0 Å². The van der Waals surface area contributed by atoms with Gasteiger partial charge in [-0.05, 0) is 75.1 Å². The molecule has 0 atom stereocenters. The monoisotopic (exact) mass is 612 g/mol. The first kappa shape index (κ1) is 27.5. The van der Waals surface area contributed by atoms with Crippen LogP contribution in [0, 0.1) is 0 Å². The van der Waals surface area contributed by atoms with E-state index in [1.54, 1.807) is 36.4 Å². The van der Waals surface area contributed by atoms with E-state index in [0.29, 0.717) is 38.4 Å². The number of rotatable bonds is 10. The Morgan fingerprint density at radius 3 is 2.32 bits per heavy atom. The summed E-state index contributed by atoms with van der Waals surface area (Å²) in [6, 6.07) is 26.2. The number of hydrogen-bond acceptors (Lipinski definition) is 5. The molecule has 0 saturated carbocycles. The maximum absolute atomic E-state index is 12.2. The molecule has 4 aromatic carbocycles. The summed E-state index contributed by atoms with van der Waals surface area (Å²) in [5.74, 6) is 1.17. The molecule has 0 heterocycles. The van der Waals surface area contributed by atoms with E-state index in [1.807, 2.05) is 48.5 Å². The van der Waals surface area contributed by atoms with Crippen LogP contribution in [0.2, 0.25) is 10.0 Å². The van der Waals surface area contributed by atoms with Crippen molar-refractivity contribution in [1.29, 1.82) is 0 Å². The molecule has 6 nitrogen and oxygen atoms in total. The topological polar surface area (TPSA) is 69.2 Å².